The number of benzene rings is 2. The molecule has 0 aliphatic heterocycles. The largest absolute Gasteiger partial charge is 0.345 e. The van der Waals surface area contributed by atoms with E-state index in [2.05, 4.69) is 5.32 Å². The molecule has 0 radical (unpaired) electrons. The molecule has 0 aromatic heterocycles. The monoisotopic (exact) mass is 390 g/mol. The Morgan fingerprint density at radius 2 is 1.81 bits per heavy atom. The molecule has 0 spiro atoms. The molecule has 1 saturated carbocycles. The lowest BCUT2D eigenvalue weighted by molar-refractivity contribution is -0.124. The maximum Gasteiger partial charge on any atom is 0.253 e. The van der Waals surface area contributed by atoms with Crippen molar-refractivity contribution in [3.8, 4) is 0 Å². The van der Waals surface area contributed by atoms with Crippen LogP contribution in [-0.4, -0.2) is 30.8 Å². The highest BCUT2D eigenvalue weighted by atomic mass is 35.5. The molecule has 0 heterocycles. The summed E-state index contributed by atoms with van der Waals surface area (Å²) in [5, 5.41) is 3.93. The van der Waals surface area contributed by atoms with Crippen molar-refractivity contribution in [2.24, 2.45) is 0 Å². The second-order valence-electron chi connectivity index (χ2n) is 6.79. The molecule has 0 bridgehead atoms. The van der Waals surface area contributed by atoms with E-state index in [4.69, 9.17) is 23.2 Å². The van der Waals surface area contributed by atoms with Gasteiger partial charge in [0, 0.05) is 24.7 Å². The van der Waals surface area contributed by atoms with Gasteiger partial charge in [-0.25, -0.2) is 0 Å². The third-order valence-corrected chi connectivity index (χ3v) is 5.45. The van der Waals surface area contributed by atoms with E-state index < -0.39 is 5.41 Å². The van der Waals surface area contributed by atoms with Gasteiger partial charge in [0.1, 0.15) is 0 Å². The Balaban J connectivity index is 1.89. The first-order valence-corrected chi connectivity index (χ1v) is 9.18. The Morgan fingerprint density at radius 3 is 2.38 bits per heavy atom. The van der Waals surface area contributed by atoms with Crippen LogP contribution in [0.1, 0.15) is 35.2 Å². The summed E-state index contributed by atoms with van der Waals surface area (Å²) in [7, 11) is 3.36. The molecule has 2 aromatic carbocycles. The molecule has 0 atom stereocenters. The highest BCUT2D eigenvalue weighted by Gasteiger charge is 2.45. The third-order valence-electron chi connectivity index (χ3n) is 4.89. The summed E-state index contributed by atoms with van der Waals surface area (Å²) in [6.07, 6.45) is 2.49. The van der Waals surface area contributed by atoms with Gasteiger partial charge in [0.05, 0.1) is 16.1 Å². The van der Waals surface area contributed by atoms with Gasteiger partial charge in [-0.15, -0.1) is 0 Å². The zero-order chi connectivity index (χ0) is 18.9. The van der Waals surface area contributed by atoms with Crippen LogP contribution in [0.25, 0.3) is 0 Å². The van der Waals surface area contributed by atoms with Gasteiger partial charge in [-0.05, 0) is 48.7 Å². The molecule has 3 rings (SSSR count). The van der Waals surface area contributed by atoms with E-state index in [0.29, 0.717) is 21.3 Å². The molecule has 4 nitrogen and oxygen atoms in total. The number of nitrogens with zero attached hydrogens (tertiary/aromatic N) is 1. The van der Waals surface area contributed by atoms with E-state index in [0.717, 1.165) is 24.8 Å². The lowest BCUT2D eigenvalue weighted by Gasteiger charge is -2.40. The van der Waals surface area contributed by atoms with Gasteiger partial charge < -0.3 is 10.2 Å². The van der Waals surface area contributed by atoms with Crippen LogP contribution in [0.4, 0.5) is 5.69 Å². The summed E-state index contributed by atoms with van der Waals surface area (Å²) in [5.74, 6) is -0.271. The molecule has 1 fully saturated rings. The topological polar surface area (TPSA) is 49.4 Å². The lowest BCUT2D eigenvalue weighted by Crippen LogP contribution is -2.46. The standard InChI is InChI=1S/C20H20Cl2N2O2/c1-24(2)18(25)13-7-8-16(22)17(11-13)23-19(26)20(9-4-10-20)14-5-3-6-15(21)12-14/h3,5-8,11-12H,4,9-10H2,1-2H3,(H,23,26). The molecule has 6 heteroatoms. The number of amides is 2. The normalized spacial score (nSPS) is 15.1. The van der Waals surface area contributed by atoms with Gasteiger partial charge in [0.25, 0.3) is 5.91 Å². The Hall–Kier alpha value is -2.04. The van der Waals surface area contributed by atoms with Crippen molar-refractivity contribution in [3.05, 3.63) is 63.6 Å². The van der Waals surface area contributed by atoms with E-state index in [1.807, 2.05) is 18.2 Å². The summed E-state index contributed by atoms with van der Waals surface area (Å²) >= 11 is 12.4. The fourth-order valence-corrected chi connectivity index (χ4v) is 3.57. The smallest absolute Gasteiger partial charge is 0.253 e. The van der Waals surface area contributed by atoms with Crippen LogP contribution < -0.4 is 5.32 Å². The van der Waals surface area contributed by atoms with Crippen molar-refractivity contribution < 1.29 is 9.59 Å². The maximum absolute atomic E-state index is 13.1. The summed E-state index contributed by atoms with van der Waals surface area (Å²) in [6.45, 7) is 0. The highest BCUT2D eigenvalue weighted by molar-refractivity contribution is 6.34. The van der Waals surface area contributed by atoms with E-state index in [-0.39, 0.29) is 11.8 Å². The molecular weight excluding hydrogens is 371 g/mol. The first-order valence-electron chi connectivity index (χ1n) is 8.42. The number of nitrogens with one attached hydrogen (secondary N) is 1. The first-order chi connectivity index (χ1) is 12.3. The number of hydrogen-bond acceptors (Lipinski definition) is 2. The number of anilines is 1. The van der Waals surface area contributed by atoms with Crippen LogP contribution in [0.5, 0.6) is 0 Å². The molecule has 1 aliphatic rings. The third kappa shape index (κ3) is 3.44. The number of hydrogen-bond donors (Lipinski definition) is 1. The number of carbonyl (C=O) groups excluding carboxylic acids is 2. The zero-order valence-corrected chi connectivity index (χ0v) is 16.2. The SMILES string of the molecule is CN(C)C(=O)c1ccc(Cl)c(NC(=O)C2(c3cccc(Cl)c3)CCC2)c1. The minimum absolute atomic E-state index is 0.123. The second-order valence-corrected chi connectivity index (χ2v) is 7.64. The van der Waals surface area contributed by atoms with Gasteiger partial charge in [-0.3, -0.25) is 9.59 Å². The lowest BCUT2D eigenvalue weighted by atomic mass is 9.64. The predicted octanol–water partition coefficient (Wildman–Crippen LogP) is 4.76. The molecule has 2 amide bonds. The average molecular weight is 391 g/mol. The predicted molar refractivity (Wildman–Crippen MR) is 105 cm³/mol. The fourth-order valence-electron chi connectivity index (χ4n) is 3.22. The van der Waals surface area contributed by atoms with E-state index in [9.17, 15) is 9.59 Å². The molecule has 0 saturated heterocycles. The Morgan fingerprint density at radius 1 is 1.08 bits per heavy atom. The van der Waals surface area contributed by atoms with Gasteiger partial charge in [-0.1, -0.05) is 41.8 Å². The molecule has 1 aliphatic carbocycles. The van der Waals surface area contributed by atoms with Gasteiger partial charge in [0.15, 0.2) is 0 Å². The minimum Gasteiger partial charge on any atom is -0.345 e. The van der Waals surface area contributed by atoms with Gasteiger partial charge >= 0.3 is 0 Å². The van der Waals surface area contributed by atoms with Gasteiger partial charge in [-0.2, -0.15) is 0 Å². The van der Waals surface area contributed by atoms with E-state index >= 15 is 0 Å². The van der Waals surface area contributed by atoms with Crippen molar-refractivity contribution in [1.82, 2.24) is 4.90 Å². The van der Waals surface area contributed by atoms with Crippen LogP contribution in [0.15, 0.2) is 42.5 Å². The average Bonchev–Trinajstić information content (AvgIpc) is 2.55. The highest BCUT2D eigenvalue weighted by Crippen LogP contribution is 2.45. The summed E-state index contributed by atoms with van der Waals surface area (Å²) in [6, 6.07) is 12.3. The van der Waals surface area contributed by atoms with Crippen molar-refractivity contribution >= 4 is 40.7 Å². The van der Waals surface area contributed by atoms with E-state index in [1.54, 1.807) is 38.4 Å². The van der Waals surface area contributed by atoms with Crippen molar-refractivity contribution in [1.29, 1.82) is 0 Å². The van der Waals surface area contributed by atoms with Crippen molar-refractivity contribution in [3.63, 3.8) is 0 Å². The van der Waals surface area contributed by atoms with Crippen LogP contribution in [0, 0.1) is 0 Å². The zero-order valence-electron chi connectivity index (χ0n) is 14.7. The molecule has 1 N–H and O–H groups in total. The quantitative estimate of drug-likeness (QED) is 0.817. The summed E-state index contributed by atoms with van der Waals surface area (Å²) in [4.78, 5) is 26.7. The van der Waals surface area contributed by atoms with Gasteiger partial charge in [0.2, 0.25) is 5.91 Å². The molecule has 0 unspecified atom stereocenters. The Labute approximate surface area is 163 Å². The first kappa shape index (κ1) is 18.7. The molecule has 136 valence electrons. The summed E-state index contributed by atoms with van der Waals surface area (Å²) < 4.78 is 0. The Kier molecular flexibility index (Phi) is 5.26. The van der Waals surface area contributed by atoms with Crippen LogP contribution in [-0.2, 0) is 10.2 Å². The minimum atomic E-state index is -0.601. The van der Waals surface area contributed by atoms with Crippen LogP contribution in [0.3, 0.4) is 0 Å². The van der Waals surface area contributed by atoms with Crippen molar-refractivity contribution in [2.75, 3.05) is 19.4 Å². The Bertz CT molecular complexity index is 861. The van der Waals surface area contributed by atoms with E-state index in [1.165, 1.54) is 4.90 Å². The summed E-state index contributed by atoms with van der Waals surface area (Å²) in [5.41, 5.74) is 1.22. The molecule has 2 aromatic rings. The number of rotatable bonds is 4. The van der Waals surface area contributed by atoms with Crippen LogP contribution >= 0.6 is 23.2 Å². The molecule has 26 heavy (non-hydrogen) atoms. The maximum atomic E-state index is 13.1. The number of carbonyl (C=O) groups is 2. The fraction of sp³-hybridized carbons (Fsp3) is 0.300. The van der Waals surface area contributed by atoms with Crippen molar-refractivity contribution in [2.45, 2.75) is 24.7 Å². The second kappa shape index (κ2) is 7.29. The molecular formula is C20H20Cl2N2O2. The van der Waals surface area contributed by atoms with Crippen LogP contribution in [0.2, 0.25) is 10.0 Å². The number of halogens is 2.